The van der Waals surface area contributed by atoms with Crippen LogP contribution in [0.4, 0.5) is 0 Å². The summed E-state index contributed by atoms with van der Waals surface area (Å²) in [6.45, 7) is 6.02. The Morgan fingerprint density at radius 1 is 1.24 bits per heavy atom. The van der Waals surface area contributed by atoms with E-state index in [2.05, 4.69) is 0 Å². The van der Waals surface area contributed by atoms with Crippen LogP contribution in [0.25, 0.3) is 6.08 Å². The maximum atomic E-state index is 9.89. The molecular formula is C14H14N2O. The molecule has 0 aromatic heterocycles. The SMILES string of the molecule is CC(C)(C)c1ccc(C=C(C#N)C#N)cc1O. The van der Waals surface area contributed by atoms with E-state index >= 15 is 0 Å². The summed E-state index contributed by atoms with van der Waals surface area (Å²) in [5, 5.41) is 27.2. The van der Waals surface area contributed by atoms with Crippen molar-refractivity contribution >= 4 is 6.08 Å². The van der Waals surface area contributed by atoms with E-state index in [9.17, 15) is 5.11 Å². The summed E-state index contributed by atoms with van der Waals surface area (Å²) < 4.78 is 0. The molecule has 1 aromatic rings. The first-order valence-electron chi connectivity index (χ1n) is 5.24. The number of nitriles is 2. The fourth-order valence-electron chi connectivity index (χ4n) is 1.53. The molecular weight excluding hydrogens is 212 g/mol. The lowest BCUT2D eigenvalue weighted by molar-refractivity contribution is 0.446. The summed E-state index contributed by atoms with van der Waals surface area (Å²) in [6, 6.07) is 8.73. The molecule has 86 valence electrons. The number of aromatic hydroxyl groups is 1. The number of phenolic OH excluding ortho intramolecular Hbond substituents is 1. The van der Waals surface area contributed by atoms with Crippen LogP contribution >= 0.6 is 0 Å². The van der Waals surface area contributed by atoms with Gasteiger partial charge in [0.25, 0.3) is 0 Å². The fraction of sp³-hybridized carbons (Fsp3) is 0.286. The monoisotopic (exact) mass is 226 g/mol. The maximum absolute atomic E-state index is 9.89. The van der Waals surface area contributed by atoms with E-state index in [4.69, 9.17) is 10.5 Å². The van der Waals surface area contributed by atoms with E-state index in [0.717, 1.165) is 5.56 Å². The van der Waals surface area contributed by atoms with Crippen LogP contribution in [0.2, 0.25) is 0 Å². The zero-order valence-corrected chi connectivity index (χ0v) is 10.2. The average Bonchev–Trinajstić information content (AvgIpc) is 2.24. The Labute approximate surface area is 101 Å². The van der Waals surface area contributed by atoms with Crippen molar-refractivity contribution in [1.29, 1.82) is 10.5 Å². The fourth-order valence-corrected chi connectivity index (χ4v) is 1.53. The van der Waals surface area contributed by atoms with E-state index in [-0.39, 0.29) is 16.7 Å². The minimum atomic E-state index is -0.139. The smallest absolute Gasteiger partial charge is 0.130 e. The van der Waals surface area contributed by atoms with Crippen LogP contribution in [0.3, 0.4) is 0 Å². The third-order valence-electron chi connectivity index (χ3n) is 2.38. The Hall–Kier alpha value is -2.26. The van der Waals surface area contributed by atoms with Gasteiger partial charge in [0.2, 0.25) is 0 Å². The summed E-state index contributed by atoms with van der Waals surface area (Å²) in [7, 11) is 0. The molecule has 1 N–H and O–H groups in total. The lowest BCUT2D eigenvalue weighted by Crippen LogP contribution is -2.11. The molecule has 0 unspecified atom stereocenters. The quantitative estimate of drug-likeness (QED) is 0.748. The molecule has 0 fully saturated rings. The topological polar surface area (TPSA) is 67.8 Å². The van der Waals surface area contributed by atoms with Gasteiger partial charge in [-0.15, -0.1) is 0 Å². The molecule has 0 spiro atoms. The van der Waals surface area contributed by atoms with Crippen LogP contribution in [0.15, 0.2) is 23.8 Å². The molecule has 0 saturated heterocycles. The minimum Gasteiger partial charge on any atom is -0.508 e. The Kier molecular flexibility index (Phi) is 3.55. The highest BCUT2D eigenvalue weighted by atomic mass is 16.3. The van der Waals surface area contributed by atoms with E-state index in [1.807, 2.05) is 26.8 Å². The van der Waals surface area contributed by atoms with Crippen LogP contribution in [0, 0.1) is 22.7 Å². The largest absolute Gasteiger partial charge is 0.508 e. The minimum absolute atomic E-state index is 0.0212. The molecule has 0 atom stereocenters. The number of nitrogens with zero attached hydrogens (tertiary/aromatic N) is 2. The molecule has 0 amide bonds. The first-order valence-corrected chi connectivity index (χ1v) is 5.24. The molecule has 0 aliphatic carbocycles. The number of hydrogen-bond donors (Lipinski definition) is 1. The van der Waals surface area contributed by atoms with Crippen molar-refractivity contribution < 1.29 is 5.11 Å². The first kappa shape index (κ1) is 12.8. The highest BCUT2D eigenvalue weighted by Gasteiger charge is 2.17. The molecule has 0 heterocycles. The summed E-state index contributed by atoms with van der Waals surface area (Å²) in [5.41, 5.74) is 1.37. The van der Waals surface area contributed by atoms with Crippen molar-refractivity contribution in [3.8, 4) is 17.9 Å². The standard InChI is InChI=1S/C14H14N2O/c1-14(2,3)12-5-4-10(7-13(12)17)6-11(8-15)9-16/h4-7,17H,1-3H3. The Balaban J connectivity index is 3.21. The van der Waals surface area contributed by atoms with E-state index in [1.54, 1.807) is 24.3 Å². The van der Waals surface area contributed by atoms with Crippen LogP contribution in [-0.4, -0.2) is 5.11 Å². The molecule has 1 aromatic carbocycles. The molecule has 0 aliphatic rings. The van der Waals surface area contributed by atoms with Crippen molar-refractivity contribution in [2.24, 2.45) is 0 Å². The van der Waals surface area contributed by atoms with Crippen LogP contribution in [0.1, 0.15) is 31.9 Å². The predicted molar refractivity (Wildman–Crippen MR) is 66.0 cm³/mol. The number of phenols is 1. The molecule has 0 bridgehead atoms. The van der Waals surface area contributed by atoms with Gasteiger partial charge in [-0.25, -0.2) is 0 Å². The van der Waals surface area contributed by atoms with Crippen LogP contribution in [0.5, 0.6) is 5.75 Å². The van der Waals surface area contributed by atoms with Gasteiger partial charge in [-0.1, -0.05) is 32.9 Å². The van der Waals surface area contributed by atoms with Gasteiger partial charge in [0, 0.05) is 0 Å². The normalized spacial score (nSPS) is 10.2. The molecule has 0 radical (unpaired) electrons. The van der Waals surface area contributed by atoms with Crippen molar-refractivity contribution in [2.75, 3.05) is 0 Å². The van der Waals surface area contributed by atoms with Crippen LogP contribution in [-0.2, 0) is 5.41 Å². The van der Waals surface area contributed by atoms with Gasteiger partial charge in [-0.2, -0.15) is 10.5 Å². The maximum Gasteiger partial charge on any atom is 0.130 e. The van der Waals surface area contributed by atoms with E-state index in [0.29, 0.717) is 5.56 Å². The lowest BCUT2D eigenvalue weighted by Gasteiger charge is -2.20. The Morgan fingerprint density at radius 2 is 1.82 bits per heavy atom. The van der Waals surface area contributed by atoms with Gasteiger partial charge in [0.15, 0.2) is 0 Å². The summed E-state index contributed by atoms with van der Waals surface area (Å²) in [6.07, 6.45) is 1.45. The van der Waals surface area contributed by atoms with Crippen molar-refractivity contribution in [3.05, 3.63) is 34.9 Å². The van der Waals surface area contributed by atoms with Gasteiger partial charge in [-0.3, -0.25) is 0 Å². The molecule has 1 rings (SSSR count). The second-order valence-corrected chi connectivity index (χ2v) is 4.81. The second-order valence-electron chi connectivity index (χ2n) is 4.81. The third kappa shape index (κ3) is 3.09. The van der Waals surface area contributed by atoms with Gasteiger partial charge in [-0.05, 0) is 28.7 Å². The highest BCUT2D eigenvalue weighted by molar-refractivity contribution is 5.63. The first-order chi connectivity index (χ1) is 7.88. The van der Waals surface area contributed by atoms with Gasteiger partial charge in [0.1, 0.15) is 23.5 Å². The summed E-state index contributed by atoms with van der Waals surface area (Å²) >= 11 is 0. The van der Waals surface area contributed by atoms with Crippen molar-refractivity contribution in [1.82, 2.24) is 0 Å². The Morgan fingerprint density at radius 3 is 2.24 bits per heavy atom. The highest BCUT2D eigenvalue weighted by Crippen LogP contribution is 2.31. The molecule has 3 nitrogen and oxygen atoms in total. The third-order valence-corrected chi connectivity index (χ3v) is 2.38. The lowest BCUT2D eigenvalue weighted by atomic mass is 9.86. The van der Waals surface area contributed by atoms with Crippen molar-refractivity contribution in [3.63, 3.8) is 0 Å². The number of rotatable bonds is 1. The van der Waals surface area contributed by atoms with Gasteiger partial charge < -0.3 is 5.11 Å². The molecule has 3 heteroatoms. The number of allylic oxidation sites excluding steroid dienone is 1. The zero-order valence-electron chi connectivity index (χ0n) is 10.2. The van der Waals surface area contributed by atoms with Crippen LogP contribution < -0.4 is 0 Å². The molecule has 17 heavy (non-hydrogen) atoms. The van der Waals surface area contributed by atoms with E-state index in [1.165, 1.54) is 6.08 Å². The predicted octanol–water partition coefficient (Wildman–Crippen LogP) is 3.12. The van der Waals surface area contributed by atoms with Gasteiger partial charge >= 0.3 is 0 Å². The Bertz CT molecular complexity index is 521. The number of hydrogen-bond acceptors (Lipinski definition) is 3. The summed E-state index contributed by atoms with van der Waals surface area (Å²) in [4.78, 5) is 0. The molecule has 0 saturated carbocycles. The second kappa shape index (κ2) is 4.72. The zero-order chi connectivity index (χ0) is 13.1. The van der Waals surface area contributed by atoms with Crippen molar-refractivity contribution in [2.45, 2.75) is 26.2 Å². The van der Waals surface area contributed by atoms with Gasteiger partial charge in [0.05, 0.1) is 0 Å². The number of benzene rings is 1. The summed E-state index contributed by atoms with van der Waals surface area (Å²) in [5.74, 6) is 0.182. The van der Waals surface area contributed by atoms with E-state index < -0.39 is 0 Å². The average molecular weight is 226 g/mol. The molecule has 0 aliphatic heterocycles.